The van der Waals surface area contributed by atoms with Crippen LogP contribution >= 0.6 is 0 Å². The molecule has 0 aliphatic carbocycles. The highest BCUT2D eigenvalue weighted by molar-refractivity contribution is 7.89. The van der Waals surface area contributed by atoms with Gasteiger partial charge in [-0.05, 0) is 56.9 Å². The first-order chi connectivity index (χ1) is 16.6. The molecular formula is C28H22N2O3S. The van der Waals surface area contributed by atoms with Gasteiger partial charge in [0.2, 0.25) is 0 Å². The molecule has 5 nitrogen and oxygen atoms in total. The first-order valence-corrected chi connectivity index (χ1v) is 12.3. The smallest absolute Gasteiger partial charge is 0.276 e. The summed E-state index contributed by atoms with van der Waals surface area (Å²) >= 11 is 0. The Balaban J connectivity index is 1.27. The van der Waals surface area contributed by atoms with Crippen molar-refractivity contribution < 1.29 is 13.2 Å². The lowest BCUT2D eigenvalue weighted by atomic mass is 10.1. The SMILES string of the molecule is O=S(=O)(N/N=C\c1cccc(OCc2cccc3ccccc23)c1)c1ccc2ccccc2c1. The van der Waals surface area contributed by atoms with Gasteiger partial charge < -0.3 is 4.74 Å². The predicted molar refractivity (Wildman–Crippen MR) is 137 cm³/mol. The largest absolute Gasteiger partial charge is 0.489 e. The van der Waals surface area contributed by atoms with Gasteiger partial charge in [0.25, 0.3) is 10.0 Å². The number of ether oxygens (including phenoxy) is 1. The van der Waals surface area contributed by atoms with Crippen LogP contribution < -0.4 is 9.57 Å². The Morgan fingerprint density at radius 3 is 2.35 bits per heavy atom. The Bertz CT molecular complexity index is 1610. The summed E-state index contributed by atoms with van der Waals surface area (Å²) in [4.78, 5) is 2.45. The van der Waals surface area contributed by atoms with Gasteiger partial charge in [0.15, 0.2) is 0 Å². The molecule has 5 aromatic rings. The van der Waals surface area contributed by atoms with Gasteiger partial charge in [0.1, 0.15) is 12.4 Å². The van der Waals surface area contributed by atoms with E-state index in [9.17, 15) is 8.42 Å². The van der Waals surface area contributed by atoms with Gasteiger partial charge >= 0.3 is 0 Å². The van der Waals surface area contributed by atoms with E-state index in [1.54, 1.807) is 18.2 Å². The van der Waals surface area contributed by atoms with Crippen molar-refractivity contribution in [2.45, 2.75) is 11.5 Å². The van der Waals surface area contributed by atoms with E-state index in [2.05, 4.69) is 34.2 Å². The Morgan fingerprint density at radius 2 is 1.47 bits per heavy atom. The number of rotatable bonds is 7. The van der Waals surface area contributed by atoms with Crippen LogP contribution in [0.15, 0.2) is 119 Å². The Labute approximate surface area is 198 Å². The molecule has 168 valence electrons. The number of benzene rings is 5. The molecule has 0 fully saturated rings. The number of nitrogens with zero attached hydrogens (tertiary/aromatic N) is 1. The number of nitrogens with one attached hydrogen (secondary N) is 1. The second-order valence-electron chi connectivity index (χ2n) is 7.86. The quantitative estimate of drug-likeness (QED) is 0.240. The van der Waals surface area contributed by atoms with Gasteiger partial charge in [0.05, 0.1) is 11.1 Å². The highest BCUT2D eigenvalue weighted by Gasteiger charge is 2.13. The van der Waals surface area contributed by atoms with Crippen LogP contribution in [0.5, 0.6) is 5.75 Å². The van der Waals surface area contributed by atoms with Crippen molar-refractivity contribution in [3.63, 3.8) is 0 Å². The lowest BCUT2D eigenvalue weighted by Gasteiger charge is -2.09. The average Bonchev–Trinajstić information content (AvgIpc) is 2.87. The van der Waals surface area contributed by atoms with Crippen molar-refractivity contribution in [2.75, 3.05) is 0 Å². The number of hydrogen-bond donors (Lipinski definition) is 1. The summed E-state index contributed by atoms with van der Waals surface area (Å²) in [6, 6.07) is 34.3. The normalized spacial score (nSPS) is 11.8. The van der Waals surface area contributed by atoms with E-state index in [0.717, 1.165) is 27.3 Å². The van der Waals surface area contributed by atoms with E-state index < -0.39 is 10.0 Å². The zero-order valence-electron chi connectivity index (χ0n) is 18.3. The van der Waals surface area contributed by atoms with Crippen LogP contribution in [-0.4, -0.2) is 14.6 Å². The molecule has 0 saturated carbocycles. The second kappa shape index (κ2) is 9.37. The maximum atomic E-state index is 12.6. The molecule has 34 heavy (non-hydrogen) atoms. The monoisotopic (exact) mass is 466 g/mol. The number of hydrazone groups is 1. The van der Waals surface area contributed by atoms with Gasteiger partial charge in [-0.15, -0.1) is 0 Å². The molecule has 5 rings (SSSR count). The fourth-order valence-corrected chi connectivity index (χ4v) is 4.65. The number of fused-ring (bicyclic) bond motifs is 2. The third-order valence-electron chi connectivity index (χ3n) is 5.55. The van der Waals surface area contributed by atoms with Crippen molar-refractivity contribution >= 4 is 37.8 Å². The molecule has 1 N–H and O–H groups in total. The van der Waals surface area contributed by atoms with Crippen LogP contribution in [0.1, 0.15) is 11.1 Å². The molecule has 6 heteroatoms. The van der Waals surface area contributed by atoms with Crippen molar-refractivity contribution in [3.05, 3.63) is 120 Å². The minimum atomic E-state index is -3.78. The standard InChI is InChI=1S/C28H22N2O3S/c31-34(32,27-16-15-22-8-1-2-10-24(22)18-27)30-29-19-21-7-5-13-26(17-21)33-20-25-12-6-11-23-9-3-4-14-28(23)25/h1-19,30H,20H2/b29-19-. The maximum Gasteiger partial charge on any atom is 0.276 e. The molecule has 0 spiro atoms. The van der Waals surface area contributed by atoms with E-state index >= 15 is 0 Å². The van der Waals surface area contributed by atoms with Crippen LogP contribution in [0.3, 0.4) is 0 Å². The molecule has 5 aromatic carbocycles. The molecule has 0 radical (unpaired) electrons. The number of sulfonamides is 1. The topological polar surface area (TPSA) is 67.8 Å². The summed E-state index contributed by atoms with van der Waals surface area (Å²) < 4.78 is 31.3. The molecule has 0 unspecified atom stereocenters. The van der Waals surface area contributed by atoms with E-state index in [4.69, 9.17) is 4.74 Å². The highest BCUT2D eigenvalue weighted by atomic mass is 32.2. The molecule has 0 amide bonds. The highest BCUT2D eigenvalue weighted by Crippen LogP contribution is 2.21. The summed E-state index contributed by atoms with van der Waals surface area (Å²) in [5.41, 5.74) is 1.82. The van der Waals surface area contributed by atoms with Crippen LogP contribution in [0.2, 0.25) is 0 Å². The molecule has 0 aromatic heterocycles. The summed E-state index contributed by atoms with van der Waals surface area (Å²) in [5.74, 6) is 0.675. The first kappa shape index (κ1) is 21.7. The molecule has 0 saturated heterocycles. The second-order valence-corrected chi connectivity index (χ2v) is 9.52. The molecule has 0 atom stereocenters. The zero-order valence-corrected chi connectivity index (χ0v) is 19.1. The van der Waals surface area contributed by atoms with Crippen molar-refractivity contribution in [2.24, 2.45) is 5.10 Å². The minimum Gasteiger partial charge on any atom is -0.489 e. The molecular weight excluding hydrogens is 444 g/mol. The lowest BCUT2D eigenvalue weighted by Crippen LogP contribution is -2.18. The molecule has 0 heterocycles. The maximum absolute atomic E-state index is 12.6. The number of hydrogen-bond acceptors (Lipinski definition) is 4. The van der Waals surface area contributed by atoms with Gasteiger partial charge in [-0.25, -0.2) is 4.83 Å². The van der Waals surface area contributed by atoms with Crippen LogP contribution in [0.4, 0.5) is 0 Å². The zero-order chi connectivity index (χ0) is 23.4. The first-order valence-electron chi connectivity index (χ1n) is 10.8. The van der Waals surface area contributed by atoms with Gasteiger partial charge in [-0.1, -0.05) is 84.9 Å². The van der Waals surface area contributed by atoms with Crippen molar-refractivity contribution in [1.82, 2.24) is 4.83 Å². The average molecular weight is 467 g/mol. The Morgan fingerprint density at radius 1 is 0.735 bits per heavy atom. The fourth-order valence-electron chi connectivity index (χ4n) is 3.82. The van der Waals surface area contributed by atoms with Gasteiger partial charge in [0, 0.05) is 0 Å². The van der Waals surface area contributed by atoms with E-state index in [0.29, 0.717) is 12.4 Å². The van der Waals surface area contributed by atoms with Gasteiger partial charge in [-0.2, -0.15) is 13.5 Å². The van der Waals surface area contributed by atoms with Crippen molar-refractivity contribution in [1.29, 1.82) is 0 Å². The molecule has 0 aliphatic heterocycles. The van der Waals surface area contributed by atoms with E-state index in [1.165, 1.54) is 11.6 Å². The summed E-state index contributed by atoms with van der Waals surface area (Å²) in [6.07, 6.45) is 1.46. The third kappa shape index (κ3) is 4.77. The minimum absolute atomic E-state index is 0.163. The van der Waals surface area contributed by atoms with E-state index in [1.807, 2.05) is 66.7 Å². The van der Waals surface area contributed by atoms with Gasteiger partial charge in [-0.3, -0.25) is 0 Å². The van der Waals surface area contributed by atoms with Crippen LogP contribution in [0, 0.1) is 0 Å². The van der Waals surface area contributed by atoms with Crippen LogP contribution in [0.25, 0.3) is 21.5 Å². The Hall–Kier alpha value is -4.16. The Kier molecular flexibility index (Phi) is 5.97. The van der Waals surface area contributed by atoms with E-state index in [-0.39, 0.29) is 4.90 Å². The van der Waals surface area contributed by atoms with Crippen molar-refractivity contribution in [3.8, 4) is 5.75 Å². The fraction of sp³-hybridized carbons (Fsp3) is 0.0357. The molecule has 0 bridgehead atoms. The summed E-state index contributed by atoms with van der Waals surface area (Å²) in [6.45, 7) is 0.427. The lowest BCUT2D eigenvalue weighted by molar-refractivity contribution is 0.307. The summed E-state index contributed by atoms with van der Waals surface area (Å²) in [7, 11) is -3.78. The third-order valence-corrected chi connectivity index (χ3v) is 6.77. The predicted octanol–water partition coefficient (Wildman–Crippen LogP) is 5.88. The van der Waals surface area contributed by atoms with Crippen LogP contribution in [-0.2, 0) is 16.6 Å². The molecule has 0 aliphatic rings. The summed E-state index contributed by atoms with van der Waals surface area (Å²) in [5, 5.41) is 8.11.